The van der Waals surface area contributed by atoms with E-state index in [1.807, 2.05) is 29.2 Å². The van der Waals surface area contributed by atoms with Gasteiger partial charge in [0.25, 0.3) is 5.91 Å². The third kappa shape index (κ3) is 2.42. The van der Waals surface area contributed by atoms with Gasteiger partial charge < -0.3 is 14.4 Å². The van der Waals surface area contributed by atoms with Crippen molar-refractivity contribution in [2.24, 2.45) is 11.8 Å². The quantitative estimate of drug-likeness (QED) is 0.764. The SMILES string of the molecule is O=C(c1cccc2ccoc12)N1C[C@H]2C[C@@H](n3cncn3)[C@H](O)C[C@H]2C1. The molecule has 7 heteroatoms. The van der Waals surface area contributed by atoms with Crippen LogP contribution in [0, 0.1) is 11.8 Å². The number of fused-ring (bicyclic) bond motifs is 2. The van der Waals surface area contributed by atoms with Gasteiger partial charge in [-0.05, 0) is 36.8 Å². The minimum Gasteiger partial charge on any atom is -0.464 e. The summed E-state index contributed by atoms with van der Waals surface area (Å²) in [6.07, 6.45) is 5.80. The van der Waals surface area contributed by atoms with Gasteiger partial charge in [0.1, 0.15) is 18.2 Å². The van der Waals surface area contributed by atoms with Crippen LogP contribution >= 0.6 is 0 Å². The first-order valence-electron chi connectivity index (χ1n) is 8.98. The first-order chi connectivity index (χ1) is 12.7. The molecular weight excluding hydrogens is 332 g/mol. The summed E-state index contributed by atoms with van der Waals surface area (Å²) in [7, 11) is 0. The Morgan fingerprint density at radius 2 is 2.04 bits per heavy atom. The summed E-state index contributed by atoms with van der Waals surface area (Å²) in [6.45, 7) is 1.39. The topological polar surface area (TPSA) is 84.4 Å². The number of aliphatic hydroxyl groups is 1. The zero-order valence-corrected chi connectivity index (χ0v) is 14.2. The number of likely N-dealkylation sites (tertiary alicyclic amines) is 1. The highest BCUT2D eigenvalue weighted by molar-refractivity contribution is 6.04. The first-order valence-corrected chi connectivity index (χ1v) is 8.98. The van der Waals surface area contributed by atoms with Gasteiger partial charge in [-0.1, -0.05) is 12.1 Å². The van der Waals surface area contributed by atoms with Gasteiger partial charge in [0, 0.05) is 18.5 Å². The Bertz CT molecular complexity index is 935. The molecule has 3 aromatic rings. The lowest BCUT2D eigenvalue weighted by molar-refractivity contribution is 0.0304. The van der Waals surface area contributed by atoms with Gasteiger partial charge in [-0.3, -0.25) is 4.79 Å². The highest BCUT2D eigenvalue weighted by Crippen LogP contribution is 2.41. The van der Waals surface area contributed by atoms with Crippen molar-refractivity contribution in [2.75, 3.05) is 13.1 Å². The van der Waals surface area contributed by atoms with Gasteiger partial charge in [-0.25, -0.2) is 9.67 Å². The lowest BCUT2D eigenvalue weighted by Crippen LogP contribution is -2.36. The van der Waals surface area contributed by atoms with Crippen LogP contribution in [-0.4, -0.2) is 49.9 Å². The maximum atomic E-state index is 13.1. The largest absolute Gasteiger partial charge is 0.464 e. The second-order valence-electron chi connectivity index (χ2n) is 7.36. The molecule has 0 radical (unpaired) electrons. The lowest BCUT2D eigenvalue weighted by atomic mass is 9.77. The lowest BCUT2D eigenvalue weighted by Gasteiger charge is -2.34. The number of aromatic nitrogens is 3. The number of carbonyl (C=O) groups excluding carboxylic acids is 1. The molecule has 7 nitrogen and oxygen atoms in total. The average molecular weight is 352 g/mol. The molecule has 4 atom stereocenters. The zero-order valence-electron chi connectivity index (χ0n) is 14.2. The van der Waals surface area contributed by atoms with Crippen LogP contribution in [0.4, 0.5) is 0 Å². The molecule has 1 amide bonds. The van der Waals surface area contributed by atoms with Crippen LogP contribution in [0.15, 0.2) is 47.6 Å². The molecule has 5 rings (SSSR count). The molecule has 1 N–H and O–H groups in total. The van der Waals surface area contributed by atoms with E-state index >= 15 is 0 Å². The fraction of sp³-hybridized carbons (Fsp3) is 0.421. The number of aliphatic hydroxyl groups excluding tert-OH is 1. The molecule has 1 saturated heterocycles. The van der Waals surface area contributed by atoms with Crippen LogP contribution in [-0.2, 0) is 0 Å². The number of hydrogen-bond acceptors (Lipinski definition) is 5. The molecular formula is C19H20N4O3. The van der Waals surface area contributed by atoms with Crippen LogP contribution in [0.25, 0.3) is 11.0 Å². The number of carbonyl (C=O) groups is 1. The van der Waals surface area contributed by atoms with Gasteiger partial charge in [-0.15, -0.1) is 0 Å². The molecule has 1 aromatic carbocycles. The molecule has 2 aliphatic rings. The van der Waals surface area contributed by atoms with E-state index in [4.69, 9.17) is 4.42 Å². The van der Waals surface area contributed by atoms with E-state index < -0.39 is 6.10 Å². The van der Waals surface area contributed by atoms with E-state index in [2.05, 4.69) is 10.1 Å². The van der Waals surface area contributed by atoms with Crippen molar-refractivity contribution in [3.63, 3.8) is 0 Å². The smallest absolute Gasteiger partial charge is 0.257 e. The molecule has 134 valence electrons. The van der Waals surface area contributed by atoms with E-state index in [1.54, 1.807) is 17.3 Å². The van der Waals surface area contributed by atoms with E-state index in [-0.39, 0.29) is 11.9 Å². The molecule has 2 aromatic heterocycles. The Kier molecular flexibility index (Phi) is 3.56. The number of amides is 1. The number of furan rings is 1. The van der Waals surface area contributed by atoms with Crippen LogP contribution in [0.5, 0.6) is 0 Å². The molecule has 26 heavy (non-hydrogen) atoms. The molecule has 0 bridgehead atoms. The predicted octanol–water partition coefficient (Wildman–Crippen LogP) is 2.11. The fourth-order valence-electron chi connectivity index (χ4n) is 4.58. The maximum absolute atomic E-state index is 13.1. The average Bonchev–Trinajstić information content (AvgIpc) is 3.38. The van der Waals surface area contributed by atoms with Gasteiger partial charge in [-0.2, -0.15) is 5.10 Å². The summed E-state index contributed by atoms with van der Waals surface area (Å²) in [6, 6.07) is 7.46. The summed E-state index contributed by atoms with van der Waals surface area (Å²) in [5.41, 5.74) is 1.26. The normalized spacial score (nSPS) is 28.4. The summed E-state index contributed by atoms with van der Waals surface area (Å²) >= 11 is 0. The number of rotatable bonds is 2. The second kappa shape index (κ2) is 5.95. The van der Waals surface area contributed by atoms with Gasteiger partial charge >= 0.3 is 0 Å². The molecule has 1 aliphatic carbocycles. The molecule has 2 fully saturated rings. The van der Waals surface area contributed by atoms with Crippen LogP contribution in [0.1, 0.15) is 29.2 Å². The Balaban J connectivity index is 1.37. The van der Waals surface area contributed by atoms with Crippen molar-refractivity contribution >= 4 is 16.9 Å². The molecule has 0 unspecified atom stereocenters. The van der Waals surface area contributed by atoms with Crippen molar-refractivity contribution in [3.8, 4) is 0 Å². The van der Waals surface area contributed by atoms with Crippen molar-refractivity contribution < 1.29 is 14.3 Å². The predicted molar refractivity (Wildman–Crippen MR) is 93.4 cm³/mol. The Morgan fingerprint density at radius 3 is 2.85 bits per heavy atom. The van der Waals surface area contributed by atoms with Crippen LogP contribution in [0.2, 0.25) is 0 Å². The van der Waals surface area contributed by atoms with Gasteiger partial charge in [0.05, 0.1) is 24.0 Å². The summed E-state index contributed by atoms with van der Waals surface area (Å²) < 4.78 is 7.27. The van der Waals surface area contributed by atoms with Crippen molar-refractivity contribution in [3.05, 3.63) is 48.7 Å². The molecule has 1 aliphatic heterocycles. The first kappa shape index (κ1) is 15.6. The minimum atomic E-state index is -0.457. The minimum absolute atomic E-state index is 0.00625. The Hall–Kier alpha value is -2.67. The van der Waals surface area contributed by atoms with Gasteiger partial charge in [0.2, 0.25) is 0 Å². The third-order valence-corrected chi connectivity index (χ3v) is 5.88. The fourth-order valence-corrected chi connectivity index (χ4v) is 4.58. The summed E-state index contributed by atoms with van der Waals surface area (Å²) in [5, 5.41) is 15.7. The van der Waals surface area contributed by atoms with Crippen molar-refractivity contribution in [2.45, 2.75) is 25.0 Å². The molecule has 3 heterocycles. The monoisotopic (exact) mass is 352 g/mol. The zero-order chi connectivity index (χ0) is 17.7. The second-order valence-corrected chi connectivity index (χ2v) is 7.36. The number of benzene rings is 1. The number of para-hydroxylation sites is 1. The third-order valence-electron chi connectivity index (χ3n) is 5.88. The molecule has 0 spiro atoms. The number of hydrogen-bond donors (Lipinski definition) is 1. The van der Waals surface area contributed by atoms with Crippen molar-refractivity contribution in [1.29, 1.82) is 0 Å². The van der Waals surface area contributed by atoms with E-state index in [0.29, 0.717) is 42.5 Å². The van der Waals surface area contributed by atoms with Gasteiger partial charge in [0.15, 0.2) is 0 Å². The van der Waals surface area contributed by atoms with E-state index in [0.717, 1.165) is 11.8 Å². The van der Waals surface area contributed by atoms with Crippen molar-refractivity contribution in [1.82, 2.24) is 19.7 Å². The van der Waals surface area contributed by atoms with Crippen LogP contribution < -0.4 is 0 Å². The highest BCUT2D eigenvalue weighted by atomic mass is 16.3. The highest BCUT2D eigenvalue weighted by Gasteiger charge is 2.44. The van der Waals surface area contributed by atoms with E-state index in [9.17, 15) is 9.90 Å². The summed E-state index contributed by atoms with van der Waals surface area (Å²) in [5.74, 6) is 0.698. The number of nitrogens with zero attached hydrogens (tertiary/aromatic N) is 4. The summed E-state index contributed by atoms with van der Waals surface area (Å²) in [4.78, 5) is 19.0. The van der Waals surface area contributed by atoms with E-state index in [1.165, 1.54) is 6.33 Å². The van der Waals surface area contributed by atoms with Crippen LogP contribution in [0.3, 0.4) is 0 Å². The molecule has 1 saturated carbocycles. The Morgan fingerprint density at radius 1 is 1.19 bits per heavy atom. The standard InChI is InChI=1S/C19H20N4O3/c24-17-7-14-9-22(8-13(14)6-16(17)23-11-20-10-21-23)19(25)15-3-1-2-12-4-5-26-18(12)15/h1-5,10-11,13-14,16-17,24H,6-9H2/t13-,14+,16-,17-/m1/s1. The maximum Gasteiger partial charge on any atom is 0.257 e. The Labute approximate surface area is 150 Å².